The maximum absolute atomic E-state index is 12.5. The van der Waals surface area contributed by atoms with Crippen LogP contribution in [0.3, 0.4) is 0 Å². The van der Waals surface area contributed by atoms with Crippen molar-refractivity contribution in [3.63, 3.8) is 0 Å². The summed E-state index contributed by atoms with van der Waals surface area (Å²) in [6.45, 7) is 2.52. The van der Waals surface area contributed by atoms with Crippen LogP contribution in [0, 0.1) is 0 Å². The van der Waals surface area contributed by atoms with E-state index in [1.807, 2.05) is 66.1 Å². The largest absolute Gasteiger partial charge is 0.496 e. The number of benzene rings is 2. The number of carbonyl (C=O) groups excluding carboxylic acids is 1. The predicted molar refractivity (Wildman–Crippen MR) is 143 cm³/mol. The number of nitrogens with zero attached hydrogens (tertiary/aromatic N) is 5. The van der Waals surface area contributed by atoms with Gasteiger partial charge in [0.05, 0.1) is 25.7 Å². The Hall–Kier alpha value is -3.70. The Kier molecular flexibility index (Phi) is 8.69. The summed E-state index contributed by atoms with van der Waals surface area (Å²) in [5, 5.41) is 13.3. The number of hydrogen-bond donors (Lipinski definition) is 1. The van der Waals surface area contributed by atoms with E-state index in [0.717, 1.165) is 27.0 Å². The molecule has 0 radical (unpaired) electrons. The van der Waals surface area contributed by atoms with E-state index in [1.165, 1.54) is 18.0 Å². The van der Waals surface area contributed by atoms with Crippen LogP contribution in [0.2, 0.25) is 0 Å². The number of amides is 1. The molecule has 0 aliphatic carbocycles. The standard InChI is InChI=1S/C25H23BrN6O3S/c1-3-35-21-9-7-20(8-10-21)32-24(17-5-4-12-27-14-17)30-31-25(32)36-16-23(33)29-28-15-18-13-19(26)6-11-22(18)34-2/h4-15H,3,16H2,1-2H3,(H,29,33)/b28-15-. The highest BCUT2D eigenvalue weighted by Crippen LogP contribution is 2.28. The Balaban J connectivity index is 1.50. The topological polar surface area (TPSA) is 104 Å². The lowest BCUT2D eigenvalue weighted by atomic mass is 10.2. The van der Waals surface area contributed by atoms with E-state index in [-0.39, 0.29) is 11.7 Å². The van der Waals surface area contributed by atoms with E-state index >= 15 is 0 Å². The van der Waals surface area contributed by atoms with Crippen LogP contribution in [-0.2, 0) is 4.79 Å². The molecule has 2 aromatic heterocycles. The van der Waals surface area contributed by atoms with Crippen LogP contribution in [-0.4, -0.2) is 51.3 Å². The van der Waals surface area contributed by atoms with Crippen molar-refractivity contribution in [3.8, 4) is 28.6 Å². The Morgan fingerprint density at radius 1 is 1.19 bits per heavy atom. The molecule has 0 atom stereocenters. The third kappa shape index (κ3) is 6.29. The van der Waals surface area contributed by atoms with Crippen molar-refractivity contribution in [1.29, 1.82) is 0 Å². The molecule has 0 aliphatic heterocycles. The van der Waals surface area contributed by atoms with Crippen molar-refractivity contribution in [2.24, 2.45) is 5.10 Å². The summed E-state index contributed by atoms with van der Waals surface area (Å²) < 4.78 is 13.6. The zero-order valence-corrected chi connectivity index (χ0v) is 22.0. The lowest BCUT2D eigenvalue weighted by molar-refractivity contribution is -0.118. The highest BCUT2D eigenvalue weighted by molar-refractivity contribution is 9.10. The minimum Gasteiger partial charge on any atom is -0.496 e. The second kappa shape index (κ2) is 12.3. The van der Waals surface area contributed by atoms with E-state index in [4.69, 9.17) is 9.47 Å². The molecular formula is C25H23BrN6O3S. The quantitative estimate of drug-likeness (QED) is 0.168. The number of hydrazone groups is 1. The van der Waals surface area contributed by atoms with Gasteiger partial charge in [0.1, 0.15) is 11.5 Å². The Morgan fingerprint density at radius 3 is 2.75 bits per heavy atom. The molecule has 2 aromatic carbocycles. The molecular weight excluding hydrogens is 544 g/mol. The minimum absolute atomic E-state index is 0.0924. The SMILES string of the molecule is CCOc1ccc(-n2c(SCC(=O)N/N=C\c3cc(Br)ccc3OC)nnc2-c2cccnc2)cc1. The average Bonchev–Trinajstić information content (AvgIpc) is 3.33. The van der Waals surface area contributed by atoms with Gasteiger partial charge in [0.25, 0.3) is 5.91 Å². The molecule has 0 spiro atoms. The highest BCUT2D eigenvalue weighted by atomic mass is 79.9. The van der Waals surface area contributed by atoms with Crippen molar-refractivity contribution < 1.29 is 14.3 Å². The number of carbonyl (C=O) groups is 1. The Bertz CT molecular complexity index is 1350. The van der Waals surface area contributed by atoms with Crippen LogP contribution in [0.15, 0.2) is 81.7 Å². The summed E-state index contributed by atoms with van der Waals surface area (Å²) in [4.78, 5) is 16.7. The summed E-state index contributed by atoms with van der Waals surface area (Å²) in [6.07, 6.45) is 4.96. The summed E-state index contributed by atoms with van der Waals surface area (Å²) in [5.74, 6) is 1.85. The zero-order chi connectivity index (χ0) is 25.3. The maximum atomic E-state index is 12.5. The third-order valence-electron chi connectivity index (χ3n) is 4.88. The fourth-order valence-electron chi connectivity index (χ4n) is 3.28. The minimum atomic E-state index is -0.283. The molecule has 11 heteroatoms. The molecule has 0 aliphatic rings. The molecule has 1 N–H and O–H groups in total. The van der Waals surface area contributed by atoms with Crippen LogP contribution in [0.1, 0.15) is 12.5 Å². The number of pyridine rings is 1. The van der Waals surface area contributed by atoms with Crippen molar-refractivity contribution in [1.82, 2.24) is 25.2 Å². The zero-order valence-electron chi connectivity index (χ0n) is 19.6. The van der Waals surface area contributed by atoms with Crippen molar-refractivity contribution >= 4 is 39.8 Å². The number of hydrogen-bond acceptors (Lipinski definition) is 8. The van der Waals surface area contributed by atoms with Gasteiger partial charge in [0, 0.05) is 33.7 Å². The van der Waals surface area contributed by atoms with Crippen LogP contribution >= 0.6 is 27.7 Å². The number of thioether (sulfide) groups is 1. The smallest absolute Gasteiger partial charge is 0.250 e. The molecule has 1 amide bonds. The molecule has 0 bridgehead atoms. The van der Waals surface area contributed by atoms with Crippen LogP contribution < -0.4 is 14.9 Å². The van der Waals surface area contributed by atoms with Gasteiger partial charge in [-0.05, 0) is 61.5 Å². The molecule has 9 nitrogen and oxygen atoms in total. The second-order valence-corrected chi connectivity index (χ2v) is 9.14. The molecule has 0 fully saturated rings. The molecule has 36 heavy (non-hydrogen) atoms. The van der Waals surface area contributed by atoms with Crippen molar-refractivity contribution in [2.75, 3.05) is 19.5 Å². The summed E-state index contributed by atoms with van der Waals surface area (Å²) in [7, 11) is 1.58. The van der Waals surface area contributed by atoms with Gasteiger partial charge in [-0.3, -0.25) is 14.3 Å². The van der Waals surface area contributed by atoms with Crippen LogP contribution in [0.5, 0.6) is 11.5 Å². The molecule has 4 rings (SSSR count). The van der Waals surface area contributed by atoms with Gasteiger partial charge in [-0.15, -0.1) is 10.2 Å². The summed E-state index contributed by atoms with van der Waals surface area (Å²) in [6, 6.07) is 16.9. The first-order valence-electron chi connectivity index (χ1n) is 11.0. The predicted octanol–water partition coefficient (Wildman–Crippen LogP) is 4.74. The number of nitrogens with one attached hydrogen (secondary N) is 1. The van der Waals surface area contributed by atoms with Crippen LogP contribution in [0.25, 0.3) is 17.1 Å². The van der Waals surface area contributed by atoms with E-state index in [1.54, 1.807) is 19.5 Å². The van der Waals surface area contributed by atoms with Gasteiger partial charge in [-0.2, -0.15) is 5.10 Å². The van der Waals surface area contributed by atoms with Gasteiger partial charge < -0.3 is 9.47 Å². The van der Waals surface area contributed by atoms with E-state index < -0.39 is 0 Å². The normalized spacial score (nSPS) is 11.0. The molecule has 4 aromatic rings. The third-order valence-corrected chi connectivity index (χ3v) is 6.30. The fraction of sp³-hybridized carbons (Fsp3) is 0.160. The van der Waals surface area contributed by atoms with Gasteiger partial charge in [0.2, 0.25) is 0 Å². The first-order chi connectivity index (χ1) is 17.6. The lowest BCUT2D eigenvalue weighted by Gasteiger charge is -2.11. The monoisotopic (exact) mass is 566 g/mol. The van der Waals surface area contributed by atoms with E-state index in [0.29, 0.717) is 23.3 Å². The molecule has 0 unspecified atom stereocenters. The number of methoxy groups -OCH3 is 1. The number of aromatic nitrogens is 4. The second-order valence-electron chi connectivity index (χ2n) is 7.28. The first-order valence-corrected chi connectivity index (χ1v) is 12.7. The van der Waals surface area contributed by atoms with Gasteiger partial charge in [-0.25, -0.2) is 5.43 Å². The van der Waals surface area contributed by atoms with E-state index in [9.17, 15) is 4.79 Å². The average molecular weight is 567 g/mol. The Morgan fingerprint density at radius 2 is 2.03 bits per heavy atom. The molecule has 184 valence electrons. The lowest BCUT2D eigenvalue weighted by Crippen LogP contribution is -2.20. The molecule has 2 heterocycles. The van der Waals surface area contributed by atoms with Gasteiger partial charge >= 0.3 is 0 Å². The van der Waals surface area contributed by atoms with E-state index in [2.05, 4.69) is 41.6 Å². The molecule has 0 saturated heterocycles. The highest BCUT2D eigenvalue weighted by Gasteiger charge is 2.17. The summed E-state index contributed by atoms with van der Waals surface area (Å²) >= 11 is 4.68. The van der Waals surface area contributed by atoms with Gasteiger partial charge in [-0.1, -0.05) is 27.7 Å². The fourth-order valence-corrected chi connectivity index (χ4v) is 4.40. The van der Waals surface area contributed by atoms with Gasteiger partial charge in [0.15, 0.2) is 11.0 Å². The number of halogens is 1. The number of ether oxygens (including phenoxy) is 2. The Labute approximate surface area is 221 Å². The molecule has 0 saturated carbocycles. The number of rotatable bonds is 10. The van der Waals surface area contributed by atoms with Crippen LogP contribution in [0.4, 0.5) is 0 Å². The first kappa shape index (κ1) is 25.4. The van der Waals surface area contributed by atoms with Crippen molar-refractivity contribution in [3.05, 3.63) is 77.0 Å². The van der Waals surface area contributed by atoms with Crippen molar-refractivity contribution in [2.45, 2.75) is 12.1 Å². The maximum Gasteiger partial charge on any atom is 0.250 e. The summed E-state index contributed by atoms with van der Waals surface area (Å²) in [5.41, 5.74) is 4.92.